The van der Waals surface area contributed by atoms with Gasteiger partial charge in [0.15, 0.2) is 17.5 Å². The van der Waals surface area contributed by atoms with Crippen LogP contribution in [-0.4, -0.2) is 32.9 Å². The van der Waals surface area contributed by atoms with Crippen molar-refractivity contribution in [3.05, 3.63) is 57.9 Å². The fourth-order valence-corrected chi connectivity index (χ4v) is 3.21. The Morgan fingerprint density at radius 1 is 1.18 bits per heavy atom. The van der Waals surface area contributed by atoms with Crippen molar-refractivity contribution in [2.24, 2.45) is 0 Å². The summed E-state index contributed by atoms with van der Waals surface area (Å²) in [5, 5.41) is 12.7. The minimum atomic E-state index is -4.44. The van der Waals surface area contributed by atoms with Crippen molar-refractivity contribution in [1.29, 1.82) is 0 Å². The zero-order valence-corrected chi connectivity index (χ0v) is 14.8. The summed E-state index contributed by atoms with van der Waals surface area (Å²) in [6.45, 7) is -0.924. The summed E-state index contributed by atoms with van der Waals surface area (Å²) in [6.07, 6.45) is 0. The third-order valence-electron chi connectivity index (χ3n) is 3.38. The maximum Gasteiger partial charge on any atom is 0.271 e. The summed E-state index contributed by atoms with van der Waals surface area (Å²) in [4.78, 5) is 21.2. The normalized spacial score (nSPS) is 11.1. The van der Waals surface area contributed by atoms with E-state index in [1.54, 1.807) is 0 Å². The number of nitrogens with zero attached hydrogens (tertiary/aromatic N) is 1. The van der Waals surface area contributed by atoms with Crippen LogP contribution >= 0.6 is 0 Å². The number of benzene rings is 2. The maximum atomic E-state index is 13.5. The van der Waals surface area contributed by atoms with E-state index in [9.17, 15) is 36.5 Å². The van der Waals surface area contributed by atoms with Crippen LogP contribution < -0.4 is 14.8 Å². The van der Waals surface area contributed by atoms with Crippen molar-refractivity contribution in [3.8, 4) is 5.75 Å². The SMILES string of the molecule is COc1ccc([N+](=O)[O-])cc1S(=O)(=O)NCC(=O)Nc1ccc(F)c(F)c1F. The number of sulfonamides is 1. The second-order valence-electron chi connectivity index (χ2n) is 5.19. The zero-order chi connectivity index (χ0) is 21.1. The number of nitro groups is 1. The number of methoxy groups -OCH3 is 1. The van der Waals surface area contributed by atoms with Crippen molar-refractivity contribution >= 4 is 27.3 Å². The number of hydrogen-bond acceptors (Lipinski definition) is 6. The molecule has 0 aliphatic rings. The number of nitrogens with one attached hydrogen (secondary N) is 2. The predicted molar refractivity (Wildman–Crippen MR) is 89.8 cm³/mol. The number of amides is 1. The molecule has 0 saturated carbocycles. The zero-order valence-electron chi connectivity index (χ0n) is 14.0. The van der Waals surface area contributed by atoms with Gasteiger partial charge in [0.1, 0.15) is 10.6 Å². The van der Waals surface area contributed by atoms with Crippen LogP contribution in [0.4, 0.5) is 24.5 Å². The number of carbonyl (C=O) groups excluding carboxylic acids is 1. The first-order valence-corrected chi connectivity index (χ1v) is 8.80. The first-order valence-electron chi connectivity index (χ1n) is 7.32. The smallest absolute Gasteiger partial charge is 0.271 e. The third-order valence-corrected chi connectivity index (χ3v) is 4.80. The monoisotopic (exact) mass is 419 g/mol. The van der Waals surface area contributed by atoms with Crippen LogP contribution in [0.5, 0.6) is 5.75 Å². The second-order valence-corrected chi connectivity index (χ2v) is 6.92. The number of rotatable bonds is 7. The van der Waals surface area contributed by atoms with Gasteiger partial charge in [-0.05, 0) is 18.2 Å². The maximum absolute atomic E-state index is 13.5. The molecule has 0 aliphatic carbocycles. The molecule has 0 bridgehead atoms. The molecule has 2 N–H and O–H groups in total. The Morgan fingerprint density at radius 2 is 1.86 bits per heavy atom. The van der Waals surface area contributed by atoms with E-state index in [2.05, 4.69) is 0 Å². The number of non-ortho nitro benzene ring substituents is 1. The molecule has 0 aromatic heterocycles. The van der Waals surface area contributed by atoms with Crippen LogP contribution in [0.2, 0.25) is 0 Å². The minimum absolute atomic E-state index is 0.217. The van der Waals surface area contributed by atoms with Crippen LogP contribution in [-0.2, 0) is 14.8 Å². The molecule has 0 heterocycles. The van der Waals surface area contributed by atoms with Crippen LogP contribution in [0.3, 0.4) is 0 Å². The van der Waals surface area contributed by atoms with Gasteiger partial charge in [-0.2, -0.15) is 0 Å². The van der Waals surface area contributed by atoms with Gasteiger partial charge in [-0.1, -0.05) is 0 Å². The van der Waals surface area contributed by atoms with Gasteiger partial charge in [-0.3, -0.25) is 14.9 Å². The van der Waals surface area contributed by atoms with Crippen molar-refractivity contribution in [2.75, 3.05) is 19.0 Å². The summed E-state index contributed by atoms with van der Waals surface area (Å²) in [5.41, 5.74) is -1.23. The van der Waals surface area contributed by atoms with E-state index < -0.39 is 61.1 Å². The third kappa shape index (κ3) is 4.55. The van der Waals surface area contributed by atoms with Gasteiger partial charge >= 0.3 is 0 Å². The Hall–Kier alpha value is -3.19. The van der Waals surface area contributed by atoms with Crippen LogP contribution in [0.15, 0.2) is 35.2 Å². The van der Waals surface area contributed by atoms with Gasteiger partial charge in [0.05, 0.1) is 24.3 Å². The van der Waals surface area contributed by atoms with Gasteiger partial charge < -0.3 is 10.1 Å². The fourth-order valence-electron chi connectivity index (χ4n) is 2.04. The molecule has 150 valence electrons. The number of hydrogen-bond donors (Lipinski definition) is 2. The molecule has 0 atom stereocenters. The number of nitro benzene ring substituents is 1. The van der Waals surface area contributed by atoms with E-state index in [0.29, 0.717) is 6.07 Å². The van der Waals surface area contributed by atoms with E-state index in [0.717, 1.165) is 31.4 Å². The lowest BCUT2D eigenvalue weighted by molar-refractivity contribution is -0.385. The summed E-state index contributed by atoms with van der Waals surface area (Å²) < 4.78 is 70.9. The van der Waals surface area contributed by atoms with Crippen LogP contribution in [0.1, 0.15) is 0 Å². The van der Waals surface area contributed by atoms with Gasteiger partial charge in [-0.25, -0.2) is 26.3 Å². The molecule has 0 radical (unpaired) electrons. The van der Waals surface area contributed by atoms with Crippen LogP contribution in [0, 0.1) is 27.6 Å². The molecule has 2 rings (SSSR count). The summed E-state index contributed by atoms with van der Waals surface area (Å²) >= 11 is 0. The Morgan fingerprint density at radius 3 is 2.46 bits per heavy atom. The van der Waals surface area contributed by atoms with E-state index in [-0.39, 0.29) is 5.75 Å². The standard InChI is InChI=1S/C15H12F3N3O6S/c1-27-11-5-2-8(21(23)24)6-12(11)28(25,26)19-7-13(22)20-10-4-3-9(16)14(17)15(10)18/h2-6,19H,7H2,1H3,(H,20,22). The van der Waals surface area contributed by atoms with Crippen molar-refractivity contribution in [2.45, 2.75) is 4.90 Å². The molecular weight excluding hydrogens is 407 g/mol. The summed E-state index contributed by atoms with van der Waals surface area (Å²) in [7, 11) is -3.30. The van der Waals surface area contributed by atoms with Gasteiger partial charge in [0.2, 0.25) is 15.9 Å². The van der Waals surface area contributed by atoms with Crippen molar-refractivity contribution < 1.29 is 36.0 Å². The number of carbonyl (C=O) groups is 1. The van der Waals surface area contributed by atoms with E-state index >= 15 is 0 Å². The molecule has 0 unspecified atom stereocenters. The van der Waals surface area contributed by atoms with Crippen molar-refractivity contribution in [3.63, 3.8) is 0 Å². The highest BCUT2D eigenvalue weighted by molar-refractivity contribution is 7.89. The molecule has 13 heteroatoms. The molecule has 0 saturated heterocycles. The average Bonchev–Trinajstić information content (AvgIpc) is 2.66. The molecule has 0 fully saturated rings. The number of anilines is 1. The minimum Gasteiger partial charge on any atom is -0.495 e. The van der Waals surface area contributed by atoms with E-state index in [4.69, 9.17) is 4.74 Å². The van der Waals surface area contributed by atoms with Gasteiger partial charge in [0.25, 0.3) is 5.69 Å². The lowest BCUT2D eigenvalue weighted by Crippen LogP contribution is -2.33. The van der Waals surface area contributed by atoms with Crippen molar-refractivity contribution in [1.82, 2.24) is 4.72 Å². The van der Waals surface area contributed by atoms with Crippen LogP contribution in [0.25, 0.3) is 0 Å². The molecule has 0 spiro atoms. The Balaban J connectivity index is 2.17. The Bertz CT molecular complexity index is 1050. The lowest BCUT2D eigenvalue weighted by Gasteiger charge is -2.11. The summed E-state index contributed by atoms with van der Waals surface area (Å²) in [6, 6.07) is 4.14. The predicted octanol–water partition coefficient (Wildman–Crippen LogP) is 1.94. The lowest BCUT2D eigenvalue weighted by atomic mass is 10.3. The quantitative estimate of drug-likeness (QED) is 0.401. The Kier molecular flexibility index (Phi) is 6.20. The Labute approximate surface area is 156 Å². The topological polar surface area (TPSA) is 128 Å². The average molecular weight is 419 g/mol. The molecule has 28 heavy (non-hydrogen) atoms. The van der Waals surface area contributed by atoms with Gasteiger partial charge in [0, 0.05) is 12.1 Å². The van der Waals surface area contributed by atoms with Gasteiger partial charge in [-0.15, -0.1) is 0 Å². The highest BCUT2D eigenvalue weighted by Gasteiger charge is 2.24. The summed E-state index contributed by atoms with van der Waals surface area (Å²) in [5.74, 6) is -6.24. The largest absolute Gasteiger partial charge is 0.495 e. The van der Waals surface area contributed by atoms with E-state index in [1.165, 1.54) is 0 Å². The fraction of sp³-hybridized carbons (Fsp3) is 0.133. The highest BCUT2D eigenvalue weighted by Crippen LogP contribution is 2.28. The molecule has 2 aromatic rings. The molecule has 2 aromatic carbocycles. The first kappa shape index (κ1) is 21.1. The molecule has 9 nitrogen and oxygen atoms in total. The number of halogens is 3. The second kappa shape index (κ2) is 8.22. The molecule has 1 amide bonds. The number of ether oxygens (including phenoxy) is 1. The molecular formula is C15H12F3N3O6S. The van der Waals surface area contributed by atoms with E-state index in [1.807, 2.05) is 10.0 Å². The first-order chi connectivity index (χ1) is 13.1. The highest BCUT2D eigenvalue weighted by atomic mass is 32.2. The molecule has 0 aliphatic heterocycles.